The normalized spacial score (nSPS) is 26.1. The molecular formula is C14H20N2O. The van der Waals surface area contributed by atoms with Gasteiger partial charge in [0.1, 0.15) is 5.75 Å². The number of nitrogens with zero attached hydrogens (tertiary/aromatic N) is 2. The Morgan fingerprint density at radius 3 is 2.71 bits per heavy atom. The Kier molecular flexibility index (Phi) is 2.81. The van der Waals surface area contributed by atoms with Crippen molar-refractivity contribution < 1.29 is 5.11 Å². The van der Waals surface area contributed by atoms with E-state index in [0.717, 1.165) is 32.6 Å². The first-order valence-corrected chi connectivity index (χ1v) is 6.48. The van der Waals surface area contributed by atoms with Crippen molar-refractivity contribution in [3.05, 3.63) is 29.3 Å². The maximum absolute atomic E-state index is 9.63. The third-order valence-corrected chi connectivity index (χ3v) is 4.15. The van der Waals surface area contributed by atoms with Gasteiger partial charge in [0.05, 0.1) is 0 Å². The van der Waals surface area contributed by atoms with Crippen LogP contribution in [-0.2, 0) is 6.42 Å². The van der Waals surface area contributed by atoms with Crippen LogP contribution in [0.4, 0.5) is 0 Å². The van der Waals surface area contributed by atoms with E-state index in [1.807, 2.05) is 12.1 Å². The Morgan fingerprint density at radius 2 is 1.94 bits per heavy atom. The van der Waals surface area contributed by atoms with Crippen molar-refractivity contribution in [2.75, 3.05) is 33.2 Å². The second kappa shape index (κ2) is 4.31. The molecule has 1 heterocycles. The second-order valence-electron chi connectivity index (χ2n) is 5.28. The fraction of sp³-hybridized carbons (Fsp3) is 0.571. The monoisotopic (exact) mass is 232 g/mol. The lowest BCUT2D eigenvalue weighted by Crippen LogP contribution is -2.45. The number of benzene rings is 1. The van der Waals surface area contributed by atoms with Gasteiger partial charge in [0, 0.05) is 32.2 Å². The van der Waals surface area contributed by atoms with Crippen LogP contribution in [0.3, 0.4) is 0 Å². The van der Waals surface area contributed by atoms with Crippen LogP contribution in [0.2, 0.25) is 0 Å². The third kappa shape index (κ3) is 2.05. The van der Waals surface area contributed by atoms with Crippen LogP contribution in [0.1, 0.15) is 23.6 Å². The summed E-state index contributed by atoms with van der Waals surface area (Å²) in [5.74, 6) is 0.407. The molecule has 1 N–H and O–H groups in total. The van der Waals surface area contributed by atoms with E-state index in [1.165, 1.54) is 17.5 Å². The van der Waals surface area contributed by atoms with E-state index in [1.54, 1.807) is 0 Å². The molecule has 0 saturated carbocycles. The molecule has 0 bridgehead atoms. The molecule has 0 amide bonds. The van der Waals surface area contributed by atoms with E-state index in [0.29, 0.717) is 11.8 Å². The van der Waals surface area contributed by atoms with Crippen molar-refractivity contribution in [3.8, 4) is 5.75 Å². The molecule has 0 spiro atoms. The first kappa shape index (κ1) is 11.1. The first-order chi connectivity index (χ1) is 8.24. The summed E-state index contributed by atoms with van der Waals surface area (Å²) in [6.45, 7) is 4.61. The van der Waals surface area contributed by atoms with E-state index >= 15 is 0 Å². The summed E-state index contributed by atoms with van der Waals surface area (Å²) in [6, 6.07) is 6.39. The molecule has 1 aromatic rings. The quantitative estimate of drug-likeness (QED) is 0.797. The van der Waals surface area contributed by atoms with Gasteiger partial charge < -0.3 is 10.0 Å². The number of phenols is 1. The molecule has 0 radical (unpaired) electrons. The van der Waals surface area contributed by atoms with Crippen LogP contribution >= 0.6 is 0 Å². The van der Waals surface area contributed by atoms with E-state index in [-0.39, 0.29) is 0 Å². The van der Waals surface area contributed by atoms with Crippen LogP contribution in [0, 0.1) is 0 Å². The summed E-state index contributed by atoms with van der Waals surface area (Å²) in [6.07, 6.45) is 2.37. The molecule has 1 aliphatic heterocycles. The van der Waals surface area contributed by atoms with E-state index in [4.69, 9.17) is 0 Å². The molecule has 3 rings (SSSR count). The molecule has 2 aliphatic rings. The number of aromatic hydroxyl groups is 1. The van der Waals surface area contributed by atoms with E-state index < -0.39 is 0 Å². The van der Waals surface area contributed by atoms with Crippen LogP contribution in [0.5, 0.6) is 5.75 Å². The zero-order valence-corrected chi connectivity index (χ0v) is 10.4. The number of hydrogen-bond donors (Lipinski definition) is 1. The lowest BCUT2D eigenvalue weighted by atomic mass is 10.1. The number of aryl methyl sites for hydroxylation is 1. The van der Waals surface area contributed by atoms with Gasteiger partial charge in [-0.1, -0.05) is 6.07 Å². The molecule has 1 aliphatic carbocycles. The number of likely N-dealkylation sites (N-methyl/N-ethyl adjacent to an activating group) is 1. The van der Waals surface area contributed by atoms with Crippen LogP contribution < -0.4 is 0 Å². The SMILES string of the molecule is CN1CCN(C2CCc3ccc(O)cc32)CC1. The molecule has 92 valence electrons. The molecule has 1 unspecified atom stereocenters. The molecule has 1 atom stereocenters. The maximum atomic E-state index is 9.63. The molecular weight excluding hydrogens is 212 g/mol. The van der Waals surface area contributed by atoms with Crippen LogP contribution in [0.15, 0.2) is 18.2 Å². The predicted octanol–water partition coefficient (Wildman–Crippen LogP) is 1.63. The molecule has 1 aromatic carbocycles. The summed E-state index contributed by atoms with van der Waals surface area (Å²) >= 11 is 0. The Hall–Kier alpha value is -1.06. The minimum Gasteiger partial charge on any atom is -0.508 e. The van der Waals surface area contributed by atoms with E-state index in [2.05, 4.69) is 22.9 Å². The van der Waals surface area contributed by atoms with Gasteiger partial charge in [0.25, 0.3) is 0 Å². The molecule has 1 saturated heterocycles. The van der Waals surface area contributed by atoms with Gasteiger partial charge in [-0.15, -0.1) is 0 Å². The Labute approximate surface area is 103 Å². The predicted molar refractivity (Wildman–Crippen MR) is 68.2 cm³/mol. The smallest absolute Gasteiger partial charge is 0.115 e. The fourth-order valence-electron chi connectivity index (χ4n) is 3.08. The number of rotatable bonds is 1. The van der Waals surface area contributed by atoms with Crippen LogP contribution in [-0.4, -0.2) is 48.1 Å². The van der Waals surface area contributed by atoms with Crippen molar-refractivity contribution >= 4 is 0 Å². The highest BCUT2D eigenvalue weighted by Crippen LogP contribution is 2.37. The lowest BCUT2D eigenvalue weighted by Gasteiger charge is -2.36. The van der Waals surface area contributed by atoms with Gasteiger partial charge in [0.15, 0.2) is 0 Å². The summed E-state index contributed by atoms with van der Waals surface area (Å²) < 4.78 is 0. The summed E-state index contributed by atoms with van der Waals surface area (Å²) in [5, 5.41) is 9.63. The average Bonchev–Trinajstić information content (AvgIpc) is 2.73. The Morgan fingerprint density at radius 1 is 1.18 bits per heavy atom. The third-order valence-electron chi connectivity index (χ3n) is 4.15. The fourth-order valence-corrected chi connectivity index (χ4v) is 3.08. The topological polar surface area (TPSA) is 26.7 Å². The van der Waals surface area contributed by atoms with Gasteiger partial charge in [-0.25, -0.2) is 0 Å². The highest BCUT2D eigenvalue weighted by Gasteiger charge is 2.29. The highest BCUT2D eigenvalue weighted by atomic mass is 16.3. The number of phenolic OH excluding ortho intramolecular Hbond substituents is 1. The molecule has 3 nitrogen and oxygen atoms in total. The molecule has 17 heavy (non-hydrogen) atoms. The van der Waals surface area contributed by atoms with Crippen molar-refractivity contribution in [3.63, 3.8) is 0 Å². The zero-order valence-electron chi connectivity index (χ0n) is 10.4. The number of hydrogen-bond acceptors (Lipinski definition) is 3. The van der Waals surface area contributed by atoms with Gasteiger partial charge in [-0.3, -0.25) is 4.90 Å². The summed E-state index contributed by atoms with van der Waals surface area (Å²) in [7, 11) is 2.19. The van der Waals surface area contributed by atoms with Gasteiger partial charge in [-0.2, -0.15) is 0 Å². The Balaban J connectivity index is 1.81. The second-order valence-corrected chi connectivity index (χ2v) is 5.28. The van der Waals surface area contributed by atoms with E-state index in [9.17, 15) is 5.11 Å². The van der Waals surface area contributed by atoms with Crippen LogP contribution in [0.25, 0.3) is 0 Å². The lowest BCUT2D eigenvalue weighted by molar-refractivity contribution is 0.111. The largest absolute Gasteiger partial charge is 0.508 e. The zero-order chi connectivity index (χ0) is 11.8. The molecule has 0 aromatic heterocycles. The van der Waals surface area contributed by atoms with Gasteiger partial charge in [-0.05, 0) is 43.1 Å². The molecule has 3 heteroatoms. The van der Waals surface area contributed by atoms with Crippen molar-refractivity contribution in [2.45, 2.75) is 18.9 Å². The average molecular weight is 232 g/mol. The maximum Gasteiger partial charge on any atom is 0.115 e. The van der Waals surface area contributed by atoms with Gasteiger partial charge >= 0.3 is 0 Å². The van der Waals surface area contributed by atoms with Crippen molar-refractivity contribution in [2.24, 2.45) is 0 Å². The first-order valence-electron chi connectivity index (χ1n) is 6.48. The summed E-state index contributed by atoms with van der Waals surface area (Å²) in [4.78, 5) is 4.96. The highest BCUT2D eigenvalue weighted by molar-refractivity contribution is 5.40. The number of fused-ring (bicyclic) bond motifs is 1. The Bertz CT molecular complexity index is 411. The standard InChI is InChI=1S/C14H20N2O/c1-15-6-8-16(9-7-15)14-5-3-11-2-4-12(17)10-13(11)14/h2,4,10,14,17H,3,5-9H2,1H3. The summed E-state index contributed by atoms with van der Waals surface area (Å²) in [5.41, 5.74) is 2.78. The molecule has 1 fully saturated rings. The number of piperazine rings is 1. The minimum absolute atomic E-state index is 0.407. The van der Waals surface area contributed by atoms with Crippen molar-refractivity contribution in [1.82, 2.24) is 9.80 Å². The van der Waals surface area contributed by atoms with Crippen molar-refractivity contribution in [1.29, 1.82) is 0 Å². The van der Waals surface area contributed by atoms with Gasteiger partial charge in [0.2, 0.25) is 0 Å². The minimum atomic E-state index is 0.407.